The van der Waals surface area contributed by atoms with Crippen molar-refractivity contribution in [3.05, 3.63) is 12.7 Å². The molecule has 1 saturated carbocycles. The van der Waals surface area contributed by atoms with Crippen molar-refractivity contribution in [1.82, 2.24) is 5.32 Å². The molecule has 4 N–H and O–H groups in total. The average Bonchev–Trinajstić information content (AvgIpc) is 2.74. The molecule has 0 spiro atoms. The van der Waals surface area contributed by atoms with Gasteiger partial charge in [0.05, 0.1) is 0 Å². The molecule has 3 unspecified atom stereocenters. The first-order chi connectivity index (χ1) is 6.48. The van der Waals surface area contributed by atoms with Gasteiger partial charge in [-0.05, 0) is 16.9 Å². The summed E-state index contributed by atoms with van der Waals surface area (Å²) < 4.78 is 10.3. The molecule has 0 aromatic carbocycles. The lowest BCUT2D eigenvalue weighted by Gasteiger charge is -2.09. The highest BCUT2D eigenvalue weighted by molar-refractivity contribution is 7.39. The fourth-order valence-corrected chi connectivity index (χ4v) is 1.67. The molecule has 0 bridgehead atoms. The monoisotopic (exact) mass is 217 g/mol. The van der Waals surface area contributed by atoms with Crippen LogP contribution in [-0.2, 0) is 9.36 Å². The average molecular weight is 217 g/mol. The molecule has 14 heavy (non-hydrogen) atoms. The molecule has 5 nitrogen and oxygen atoms in total. The van der Waals surface area contributed by atoms with Crippen molar-refractivity contribution in [2.45, 2.75) is 12.0 Å². The highest BCUT2D eigenvalue weighted by atomic mass is 31.1. The van der Waals surface area contributed by atoms with Crippen LogP contribution >= 0.6 is 8.03 Å². The van der Waals surface area contributed by atoms with Crippen molar-refractivity contribution in [2.75, 3.05) is 12.7 Å². The standard InChI is InChI=1S/C8H13N2O3P/c1-2-6-3-8(6,9)5-10-7(11)4-14(12)13/h2,6H,1,3-5,9H2,(H-,10,11,12,13)/p+1. The van der Waals surface area contributed by atoms with E-state index < -0.39 is 19.5 Å². The predicted molar refractivity (Wildman–Crippen MR) is 52.9 cm³/mol. The van der Waals surface area contributed by atoms with E-state index >= 15 is 0 Å². The summed E-state index contributed by atoms with van der Waals surface area (Å²) in [6.07, 6.45) is 2.21. The molecule has 0 aromatic heterocycles. The molecule has 78 valence electrons. The number of carbonyl (C=O) groups is 1. The van der Waals surface area contributed by atoms with Gasteiger partial charge >= 0.3 is 8.03 Å². The van der Waals surface area contributed by atoms with E-state index in [1.807, 2.05) is 0 Å². The summed E-state index contributed by atoms with van der Waals surface area (Å²) in [6, 6.07) is 0. The van der Waals surface area contributed by atoms with E-state index in [9.17, 15) is 9.36 Å². The number of nitrogens with one attached hydrogen (secondary N) is 1. The molecular formula is C8H14N2O3P+. The van der Waals surface area contributed by atoms with E-state index in [0.717, 1.165) is 6.42 Å². The molecule has 1 aliphatic rings. The molecule has 6 heteroatoms. The Hall–Kier alpha value is -0.770. The lowest BCUT2D eigenvalue weighted by atomic mass is 10.2. The minimum absolute atomic E-state index is 0.241. The van der Waals surface area contributed by atoms with Gasteiger partial charge < -0.3 is 11.1 Å². The quantitative estimate of drug-likeness (QED) is 0.437. The number of carbonyl (C=O) groups excluding carboxylic acids is 1. The zero-order valence-electron chi connectivity index (χ0n) is 7.77. The second-order valence-electron chi connectivity index (χ2n) is 3.57. The summed E-state index contributed by atoms with van der Waals surface area (Å²) in [4.78, 5) is 19.5. The van der Waals surface area contributed by atoms with Crippen molar-refractivity contribution >= 4 is 13.9 Å². The Morgan fingerprint density at radius 3 is 2.93 bits per heavy atom. The predicted octanol–water partition coefficient (Wildman–Crippen LogP) is -0.259. The summed E-state index contributed by atoms with van der Waals surface area (Å²) in [5.41, 5.74) is 5.47. The van der Waals surface area contributed by atoms with Crippen molar-refractivity contribution in [2.24, 2.45) is 11.7 Å². The minimum atomic E-state index is -2.40. The number of nitrogens with two attached hydrogens (primary N) is 1. The molecule has 0 aliphatic heterocycles. The Kier molecular flexibility index (Phi) is 3.37. The number of hydrogen-bond acceptors (Lipinski definition) is 3. The maximum atomic E-state index is 11.0. The van der Waals surface area contributed by atoms with Gasteiger partial charge in [0.1, 0.15) is 0 Å². The van der Waals surface area contributed by atoms with Crippen LogP contribution in [0.4, 0.5) is 0 Å². The SMILES string of the molecule is C=CC1CC1(N)CNC(=O)C[P+](=O)O. The van der Waals surface area contributed by atoms with Crippen LogP contribution in [0.25, 0.3) is 0 Å². The molecule has 0 aromatic rings. The Morgan fingerprint density at radius 2 is 2.50 bits per heavy atom. The molecule has 1 rings (SSSR count). The van der Waals surface area contributed by atoms with Crippen LogP contribution in [0.15, 0.2) is 12.7 Å². The van der Waals surface area contributed by atoms with Gasteiger partial charge in [0.2, 0.25) is 0 Å². The first-order valence-electron chi connectivity index (χ1n) is 4.29. The van der Waals surface area contributed by atoms with Crippen LogP contribution in [0.2, 0.25) is 0 Å². The van der Waals surface area contributed by atoms with Crippen LogP contribution in [0, 0.1) is 5.92 Å². The third kappa shape index (κ3) is 2.87. The van der Waals surface area contributed by atoms with Gasteiger partial charge in [0.25, 0.3) is 12.1 Å². The first-order valence-corrected chi connectivity index (χ1v) is 5.69. The van der Waals surface area contributed by atoms with Crippen molar-refractivity contribution in [3.63, 3.8) is 0 Å². The molecule has 0 saturated heterocycles. The Morgan fingerprint density at radius 1 is 1.86 bits per heavy atom. The van der Waals surface area contributed by atoms with Crippen molar-refractivity contribution in [3.8, 4) is 0 Å². The lowest BCUT2D eigenvalue weighted by Crippen LogP contribution is -2.41. The fourth-order valence-electron chi connectivity index (χ4n) is 1.31. The Labute approximate surface area is 83.2 Å². The normalized spacial score (nSPS) is 30.7. The van der Waals surface area contributed by atoms with Crippen molar-refractivity contribution in [1.29, 1.82) is 0 Å². The molecule has 1 aliphatic carbocycles. The number of rotatable bonds is 5. The zero-order valence-corrected chi connectivity index (χ0v) is 8.67. The van der Waals surface area contributed by atoms with Gasteiger partial charge in [0, 0.05) is 12.1 Å². The van der Waals surface area contributed by atoms with Crippen LogP contribution in [-0.4, -0.2) is 29.0 Å². The first kappa shape index (κ1) is 11.3. The van der Waals surface area contributed by atoms with Gasteiger partial charge in [-0.25, -0.2) is 0 Å². The largest absolute Gasteiger partial charge is 0.515 e. The summed E-state index contributed by atoms with van der Waals surface area (Å²) in [5, 5.41) is 2.53. The molecular weight excluding hydrogens is 203 g/mol. The van der Waals surface area contributed by atoms with Crippen LogP contribution in [0.5, 0.6) is 0 Å². The topological polar surface area (TPSA) is 92.4 Å². The van der Waals surface area contributed by atoms with E-state index in [1.165, 1.54) is 0 Å². The Balaban J connectivity index is 2.25. The van der Waals surface area contributed by atoms with E-state index in [1.54, 1.807) is 6.08 Å². The molecule has 3 atom stereocenters. The van der Waals surface area contributed by atoms with Gasteiger partial charge in [0.15, 0.2) is 0 Å². The van der Waals surface area contributed by atoms with Gasteiger partial charge in [-0.2, -0.15) is 4.89 Å². The third-order valence-electron chi connectivity index (χ3n) is 2.36. The van der Waals surface area contributed by atoms with Crippen LogP contribution in [0.1, 0.15) is 6.42 Å². The van der Waals surface area contributed by atoms with Crippen LogP contribution in [0.3, 0.4) is 0 Å². The lowest BCUT2D eigenvalue weighted by molar-refractivity contribution is -0.118. The van der Waals surface area contributed by atoms with E-state index in [-0.39, 0.29) is 12.1 Å². The second kappa shape index (κ2) is 4.17. The maximum absolute atomic E-state index is 11.0. The molecule has 1 fully saturated rings. The van der Waals surface area contributed by atoms with E-state index in [0.29, 0.717) is 6.54 Å². The van der Waals surface area contributed by atoms with Crippen molar-refractivity contribution < 1.29 is 14.3 Å². The Bertz CT molecular complexity index is 282. The molecule has 0 radical (unpaired) electrons. The van der Waals surface area contributed by atoms with Gasteiger partial charge in [-0.3, -0.25) is 4.79 Å². The number of amides is 1. The third-order valence-corrected chi connectivity index (χ3v) is 2.91. The molecule has 1 amide bonds. The zero-order chi connectivity index (χ0) is 10.8. The van der Waals surface area contributed by atoms with Gasteiger partial charge in [-0.1, -0.05) is 6.08 Å². The number of hydrogen-bond donors (Lipinski definition) is 3. The summed E-state index contributed by atoms with van der Waals surface area (Å²) in [5.74, 6) is -0.196. The van der Waals surface area contributed by atoms with Crippen LogP contribution < -0.4 is 11.1 Å². The minimum Gasteiger partial charge on any atom is -0.350 e. The highest BCUT2D eigenvalue weighted by Gasteiger charge is 2.49. The highest BCUT2D eigenvalue weighted by Crippen LogP contribution is 2.41. The van der Waals surface area contributed by atoms with E-state index in [2.05, 4.69) is 11.9 Å². The maximum Gasteiger partial charge on any atom is 0.515 e. The van der Waals surface area contributed by atoms with Gasteiger partial charge in [-0.15, -0.1) is 6.58 Å². The summed E-state index contributed by atoms with van der Waals surface area (Å²) >= 11 is 0. The second-order valence-corrected chi connectivity index (χ2v) is 4.59. The molecule has 0 heterocycles. The summed E-state index contributed by atoms with van der Waals surface area (Å²) in [7, 11) is -2.40. The smallest absolute Gasteiger partial charge is 0.350 e. The van der Waals surface area contributed by atoms with E-state index in [4.69, 9.17) is 10.6 Å². The fraction of sp³-hybridized carbons (Fsp3) is 0.625. The summed E-state index contributed by atoms with van der Waals surface area (Å²) in [6.45, 7) is 3.95.